The minimum absolute atomic E-state index is 0.0485. The lowest BCUT2D eigenvalue weighted by atomic mass is 10.1. The number of hydrogen-bond acceptors (Lipinski definition) is 2. The molecule has 0 saturated heterocycles. The summed E-state index contributed by atoms with van der Waals surface area (Å²) in [4.78, 5) is 11.9. The summed E-state index contributed by atoms with van der Waals surface area (Å²) in [7, 11) is 0. The van der Waals surface area contributed by atoms with Gasteiger partial charge >= 0.3 is 0 Å². The highest BCUT2D eigenvalue weighted by Crippen LogP contribution is 2.16. The number of carbonyl (C=O) groups is 1. The van der Waals surface area contributed by atoms with Gasteiger partial charge in [0.2, 0.25) is 5.91 Å². The van der Waals surface area contributed by atoms with Gasteiger partial charge in [0, 0.05) is 16.2 Å². The van der Waals surface area contributed by atoms with Crippen molar-refractivity contribution in [1.82, 2.24) is 5.32 Å². The third kappa shape index (κ3) is 4.99. The van der Waals surface area contributed by atoms with Crippen molar-refractivity contribution in [3.8, 4) is 0 Å². The summed E-state index contributed by atoms with van der Waals surface area (Å²) in [5.74, 6) is -0.0485. The molecule has 1 atom stereocenters. The van der Waals surface area contributed by atoms with E-state index in [9.17, 15) is 4.79 Å². The lowest BCUT2D eigenvalue weighted by molar-refractivity contribution is -0.115. The minimum atomic E-state index is -0.0485. The lowest BCUT2D eigenvalue weighted by Crippen LogP contribution is -2.30. The normalized spacial score (nSPS) is 12.0. The van der Waals surface area contributed by atoms with E-state index >= 15 is 0 Å². The van der Waals surface area contributed by atoms with Crippen molar-refractivity contribution in [3.63, 3.8) is 0 Å². The van der Waals surface area contributed by atoms with Gasteiger partial charge in [-0.2, -0.15) is 0 Å². The molecule has 0 unspecified atom stereocenters. The zero-order chi connectivity index (χ0) is 15.2. The molecule has 0 bridgehead atoms. The number of rotatable bonds is 5. The minimum Gasteiger partial charge on any atom is -0.325 e. The summed E-state index contributed by atoms with van der Waals surface area (Å²) in [6, 6.07) is 16.0. The number of nitrogens with one attached hydrogen (secondary N) is 2. The van der Waals surface area contributed by atoms with E-state index in [2.05, 4.69) is 58.6 Å². The standard InChI is InChI=1S/C17H19BrN2O/c1-12-5-3-6-14(9-12)13(2)19-11-17(21)20-16-8-4-7-15(18)10-16/h3-10,13,19H,11H2,1-2H3,(H,20,21)/t13-/m1/s1. The Morgan fingerprint density at radius 2 is 1.95 bits per heavy atom. The van der Waals surface area contributed by atoms with Gasteiger partial charge in [-0.1, -0.05) is 51.8 Å². The summed E-state index contributed by atoms with van der Waals surface area (Å²) in [5.41, 5.74) is 3.20. The van der Waals surface area contributed by atoms with Crippen LogP contribution in [0.1, 0.15) is 24.1 Å². The monoisotopic (exact) mass is 346 g/mol. The molecule has 0 heterocycles. The average Bonchev–Trinajstić information content (AvgIpc) is 2.45. The molecule has 0 aliphatic carbocycles. The summed E-state index contributed by atoms with van der Waals surface area (Å²) in [6.45, 7) is 4.40. The zero-order valence-electron chi connectivity index (χ0n) is 12.2. The number of halogens is 1. The van der Waals surface area contributed by atoms with Crippen LogP contribution in [0.2, 0.25) is 0 Å². The van der Waals surface area contributed by atoms with E-state index in [-0.39, 0.29) is 18.5 Å². The fourth-order valence-corrected chi connectivity index (χ4v) is 2.47. The van der Waals surface area contributed by atoms with Crippen LogP contribution in [-0.4, -0.2) is 12.5 Å². The Balaban J connectivity index is 1.86. The molecule has 0 aliphatic heterocycles. The molecule has 0 radical (unpaired) electrons. The van der Waals surface area contributed by atoms with Gasteiger partial charge < -0.3 is 10.6 Å². The Bertz CT molecular complexity index is 628. The van der Waals surface area contributed by atoms with Crippen molar-refractivity contribution in [2.24, 2.45) is 0 Å². The van der Waals surface area contributed by atoms with Gasteiger partial charge in [-0.05, 0) is 37.6 Å². The van der Waals surface area contributed by atoms with Crippen LogP contribution in [0, 0.1) is 6.92 Å². The lowest BCUT2D eigenvalue weighted by Gasteiger charge is -2.14. The molecule has 0 fully saturated rings. The number of carbonyl (C=O) groups excluding carboxylic acids is 1. The first-order valence-corrected chi connectivity index (χ1v) is 7.69. The number of hydrogen-bond donors (Lipinski definition) is 2. The maximum Gasteiger partial charge on any atom is 0.238 e. The number of anilines is 1. The van der Waals surface area contributed by atoms with Crippen LogP contribution >= 0.6 is 15.9 Å². The van der Waals surface area contributed by atoms with Gasteiger partial charge in [0.05, 0.1) is 6.54 Å². The van der Waals surface area contributed by atoms with Crippen LogP contribution in [0.25, 0.3) is 0 Å². The van der Waals surface area contributed by atoms with Crippen LogP contribution < -0.4 is 10.6 Å². The van der Waals surface area contributed by atoms with Gasteiger partial charge in [0.1, 0.15) is 0 Å². The molecule has 110 valence electrons. The average molecular weight is 347 g/mol. The topological polar surface area (TPSA) is 41.1 Å². The zero-order valence-corrected chi connectivity index (χ0v) is 13.8. The third-order valence-corrected chi connectivity index (χ3v) is 3.71. The molecule has 1 amide bonds. The first kappa shape index (κ1) is 15.7. The highest BCUT2D eigenvalue weighted by Gasteiger charge is 2.08. The maximum absolute atomic E-state index is 11.9. The largest absolute Gasteiger partial charge is 0.325 e. The molecule has 2 aromatic rings. The van der Waals surface area contributed by atoms with E-state index in [1.807, 2.05) is 30.3 Å². The predicted molar refractivity (Wildman–Crippen MR) is 90.4 cm³/mol. The second-order valence-corrected chi connectivity index (χ2v) is 5.99. The summed E-state index contributed by atoms with van der Waals surface area (Å²) >= 11 is 3.38. The summed E-state index contributed by atoms with van der Waals surface area (Å²) < 4.78 is 0.946. The molecule has 2 aromatic carbocycles. The molecule has 4 heteroatoms. The fraction of sp³-hybridized carbons (Fsp3) is 0.235. The van der Waals surface area contributed by atoms with Gasteiger partial charge in [0.15, 0.2) is 0 Å². The van der Waals surface area contributed by atoms with E-state index in [4.69, 9.17) is 0 Å². The van der Waals surface area contributed by atoms with Crippen LogP contribution in [0.3, 0.4) is 0 Å². The Hall–Kier alpha value is -1.65. The van der Waals surface area contributed by atoms with Crippen LogP contribution in [0.15, 0.2) is 53.0 Å². The van der Waals surface area contributed by atoms with Crippen molar-refractivity contribution >= 4 is 27.5 Å². The molecule has 0 aromatic heterocycles. The van der Waals surface area contributed by atoms with Crippen LogP contribution in [0.4, 0.5) is 5.69 Å². The molecule has 0 aliphatic rings. The molecular formula is C17H19BrN2O. The highest BCUT2D eigenvalue weighted by atomic mass is 79.9. The van der Waals surface area contributed by atoms with Crippen LogP contribution in [0.5, 0.6) is 0 Å². The van der Waals surface area contributed by atoms with E-state index < -0.39 is 0 Å². The van der Waals surface area contributed by atoms with Gasteiger partial charge in [0.25, 0.3) is 0 Å². The predicted octanol–water partition coefficient (Wildman–Crippen LogP) is 4.05. The fourth-order valence-electron chi connectivity index (χ4n) is 2.07. The Labute approximate surface area is 133 Å². The van der Waals surface area contributed by atoms with E-state index in [0.717, 1.165) is 10.2 Å². The van der Waals surface area contributed by atoms with Crippen molar-refractivity contribution in [1.29, 1.82) is 0 Å². The Kier molecular flexibility index (Phi) is 5.53. The van der Waals surface area contributed by atoms with Gasteiger partial charge in [-0.3, -0.25) is 4.79 Å². The van der Waals surface area contributed by atoms with Crippen molar-refractivity contribution in [2.45, 2.75) is 19.9 Å². The van der Waals surface area contributed by atoms with Crippen molar-refractivity contribution < 1.29 is 4.79 Å². The summed E-state index contributed by atoms with van der Waals surface area (Å²) in [5, 5.41) is 6.11. The molecular weight excluding hydrogens is 328 g/mol. The second-order valence-electron chi connectivity index (χ2n) is 5.08. The quantitative estimate of drug-likeness (QED) is 0.857. The van der Waals surface area contributed by atoms with E-state index in [1.54, 1.807) is 0 Å². The van der Waals surface area contributed by atoms with E-state index in [0.29, 0.717) is 0 Å². The highest BCUT2D eigenvalue weighted by molar-refractivity contribution is 9.10. The molecule has 2 N–H and O–H groups in total. The van der Waals surface area contributed by atoms with Crippen molar-refractivity contribution in [2.75, 3.05) is 11.9 Å². The van der Waals surface area contributed by atoms with Gasteiger partial charge in [-0.25, -0.2) is 0 Å². The molecule has 0 spiro atoms. The van der Waals surface area contributed by atoms with Gasteiger partial charge in [-0.15, -0.1) is 0 Å². The first-order valence-electron chi connectivity index (χ1n) is 6.90. The molecule has 3 nitrogen and oxygen atoms in total. The Morgan fingerprint density at radius 1 is 1.19 bits per heavy atom. The van der Waals surface area contributed by atoms with Crippen LogP contribution in [-0.2, 0) is 4.79 Å². The SMILES string of the molecule is Cc1cccc([C@@H](C)NCC(=O)Nc2cccc(Br)c2)c1. The van der Waals surface area contributed by atoms with E-state index in [1.165, 1.54) is 11.1 Å². The number of aryl methyl sites for hydroxylation is 1. The summed E-state index contributed by atoms with van der Waals surface area (Å²) in [6.07, 6.45) is 0. The van der Waals surface area contributed by atoms with Crippen molar-refractivity contribution in [3.05, 3.63) is 64.1 Å². The first-order chi connectivity index (χ1) is 10.0. The molecule has 21 heavy (non-hydrogen) atoms. The third-order valence-electron chi connectivity index (χ3n) is 3.22. The molecule has 2 rings (SSSR count). The maximum atomic E-state index is 11.9. The second kappa shape index (κ2) is 7.38. The smallest absolute Gasteiger partial charge is 0.238 e. The number of amides is 1. The molecule has 0 saturated carbocycles. The Morgan fingerprint density at radius 3 is 2.67 bits per heavy atom. The number of benzene rings is 2.